The van der Waals surface area contributed by atoms with Gasteiger partial charge in [0.25, 0.3) is 5.56 Å². The third-order valence-corrected chi connectivity index (χ3v) is 2.65. The van der Waals surface area contributed by atoms with Crippen LogP contribution in [0.4, 0.5) is 5.69 Å². The van der Waals surface area contributed by atoms with E-state index in [4.69, 9.17) is 5.73 Å². The Morgan fingerprint density at radius 1 is 1.35 bits per heavy atom. The molecule has 0 saturated heterocycles. The molecule has 0 aliphatic rings. The Bertz CT molecular complexity index is 575. The maximum atomic E-state index is 11.6. The lowest BCUT2D eigenvalue weighted by atomic mass is 10.1. The van der Waals surface area contributed by atoms with Crippen molar-refractivity contribution in [1.82, 2.24) is 9.78 Å². The van der Waals surface area contributed by atoms with Crippen LogP contribution in [0.3, 0.4) is 0 Å². The number of rotatable bonds is 3. The standard InChI is InChI=1S/C13H15N3O/c1-10-8-13(17)16(15-9-10)7-6-11-4-2-3-5-12(11)14/h2-5,8-9H,6-7,14H2,1H3. The van der Waals surface area contributed by atoms with Gasteiger partial charge in [0.15, 0.2) is 0 Å². The summed E-state index contributed by atoms with van der Waals surface area (Å²) in [5.41, 5.74) is 8.45. The second kappa shape index (κ2) is 4.82. The van der Waals surface area contributed by atoms with Gasteiger partial charge in [-0.25, -0.2) is 4.68 Å². The van der Waals surface area contributed by atoms with Crippen molar-refractivity contribution in [2.24, 2.45) is 0 Å². The normalized spacial score (nSPS) is 10.4. The van der Waals surface area contributed by atoms with Gasteiger partial charge in [-0.15, -0.1) is 0 Å². The van der Waals surface area contributed by atoms with E-state index in [0.717, 1.165) is 16.8 Å². The van der Waals surface area contributed by atoms with Gasteiger partial charge in [-0.3, -0.25) is 4.79 Å². The van der Waals surface area contributed by atoms with Gasteiger partial charge in [-0.05, 0) is 30.5 Å². The number of benzene rings is 1. The Hall–Kier alpha value is -2.10. The first kappa shape index (κ1) is 11.4. The van der Waals surface area contributed by atoms with E-state index in [1.165, 1.54) is 4.68 Å². The van der Waals surface area contributed by atoms with E-state index in [1.54, 1.807) is 12.3 Å². The number of nitrogens with two attached hydrogens (primary N) is 1. The van der Waals surface area contributed by atoms with E-state index in [9.17, 15) is 4.79 Å². The third-order valence-electron chi connectivity index (χ3n) is 2.65. The van der Waals surface area contributed by atoms with Crippen molar-refractivity contribution in [3.05, 3.63) is 58.0 Å². The van der Waals surface area contributed by atoms with E-state index < -0.39 is 0 Å². The number of para-hydroxylation sites is 1. The maximum absolute atomic E-state index is 11.6. The number of nitrogen functional groups attached to an aromatic ring is 1. The Balaban J connectivity index is 2.13. The molecule has 0 spiro atoms. The van der Waals surface area contributed by atoms with Crippen molar-refractivity contribution in [3.63, 3.8) is 0 Å². The zero-order chi connectivity index (χ0) is 12.3. The highest BCUT2D eigenvalue weighted by Gasteiger charge is 2.01. The summed E-state index contributed by atoms with van der Waals surface area (Å²) in [7, 11) is 0. The minimum Gasteiger partial charge on any atom is -0.399 e. The zero-order valence-electron chi connectivity index (χ0n) is 9.76. The van der Waals surface area contributed by atoms with Crippen LogP contribution < -0.4 is 11.3 Å². The Kier molecular flexibility index (Phi) is 3.23. The predicted molar refractivity (Wildman–Crippen MR) is 67.8 cm³/mol. The number of anilines is 1. The molecule has 0 aliphatic heterocycles. The number of hydrogen-bond acceptors (Lipinski definition) is 3. The summed E-state index contributed by atoms with van der Waals surface area (Å²) in [6.45, 7) is 2.40. The van der Waals surface area contributed by atoms with Crippen LogP contribution >= 0.6 is 0 Å². The highest BCUT2D eigenvalue weighted by atomic mass is 16.1. The topological polar surface area (TPSA) is 60.9 Å². The van der Waals surface area contributed by atoms with Gasteiger partial charge in [0.2, 0.25) is 0 Å². The minimum absolute atomic E-state index is 0.0699. The summed E-state index contributed by atoms with van der Waals surface area (Å²) >= 11 is 0. The minimum atomic E-state index is -0.0699. The zero-order valence-corrected chi connectivity index (χ0v) is 9.76. The largest absolute Gasteiger partial charge is 0.399 e. The maximum Gasteiger partial charge on any atom is 0.266 e. The molecule has 0 atom stereocenters. The molecule has 17 heavy (non-hydrogen) atoms. The molecule has 1 heterocycles. The number of hydrogen-bond donors (Lipinski definition) is 1. The van der Waals surface area contributed by atoms with Crippen molar-refractivity contribution >= 4 is 5.69 Å². The van der Waals surface area contributed by atoms with E-state index in [0.29, 0.717) is 13.0 Å². The van der Waals surface area contributed by atoms with E-state index >= 15 is 0 Å². The van der Waals surface area contributed by atoms with Crippen molar-refractivity contribution in [1.29, 1.82) is 0 Å². The van der Waals surface area contributed by atoms with Crippen LogP contribution in [0.25, 0.3) is 0 Å². The van der Waals surface area contributed by atoms with Crippen LogP contribution in [0.1, 0.15) is 11.1 Å². The number of nitrogens with zero attached hydrogens (tertiary/aromatic N) is 2. The second-order valence-electron chi connectivity index (χ2n) is 4.04. The number of aryl methyl sites for hydroxylation is 3. The second-order valence-corrected chi connectivity index (χ2v) is 4.04. The summed E-state index contributed by atoms with van der Waals surface area (Å²) in [6, 6.07) is 9.25. The Morgan fingerprint density at radius 2 is 2.12 bits per heavy atom. The smallest absolute Gasteiger partial charge is 0.266 e. The SMILES string of the molecule is Cc1cnn(CCc2ccccc2N)c(=O)c1. The lowest BCUT2D eigenvalue weighted by Crippen LogP contribution is -2.23. The molecule has 2 aromatic rings. The van der Waals surface area contributed by atoms with Gasteiger partial charge in [0.05, 0.1) is 6.20 Å². The lowest BCUT2D eigenvalue weighted by molar-refractivity contribution is 0.576. The van der Waals surface area contributed by atoms with Gasteiger partial charge >= 0.3 is 0 Å². The fourth-order valence-corrected chi connectivity index (χ4v) is 1.68. The van der Waals surface area contributed by atoms with Crippen molar-refractivity contribution in [3.8, 4) is 0 Å². The molecular weight excluding hydrogens is 214 g/mol. The van der Waals surface area contributed by atoms with Gasteiger partial charge in [0.1, 0.15) is 0 Å². The van der Waals surface area contributed by atoms with Crippen LogP contribution in [-0.4, -0.2) is 9.78 Å². The molecule has 0 amide bonds. The molecular formula is C13H15N3O. The molecule has 0 saturated carbocycles. The molecule has 2 rings (SSSR count). The van der Waals surface area contributed by atoms with Gasteiger partial charge in [0, 0.05) is 18.3 Å². The molecule has 88 valence electrons. The summed E-state index contributed by atoms with van der Waals surface area (Å²) in [5.74, 6) is 0. The van der Waals surface area contributed by atoms with Crippen molar-refractivity contribution in [2.45, 2.75) is 19.9 Å². The Morgan fingerprint density at radius 3 is 2.82 bits per heavy atom. The predicted octanol–water partition coefficient (Wildman–Crippen LogP) is 1.38. The molecule has 0 radical (unpaired) electrons. The molecule has 2 N–H and O–H groups in total. The molecule has 1 aromatic carbocycles. The summed E-state index contributed by atoms with van der Waals surface area (Å²) in [5, 5.41) is 4.09. The summed E-state index contributed by atoms with van der Waals surface area (Å²) in [4.78, 5) is 11.6. The highest BCUT2D eigenvalue weighted by molar-refractivity contribution is 5.46. The van der Waals surface area contributed by atoms with E-state index in [2.05, 4.69) is 5.10 Å². The molecule has 0 unspecified atom stereocenters. The van der Waals surface area contributed by atoms with Gasteiger partial charge < -0.3 is 5.73 Å². The Labute approximate surface area is 99.7 Å². The van der Waals surface area contributed by atoms with Gasteiger partial charge in [-0.2, -0.15) is 5.10 Å². The monoisotopic (exact) mass is 229 g/mol. The van der Waals surface area contributed by atoms with Gasteiger partial charge in [-0.1, -0.05) is 18.2 Å². The highest BCUT2D eigenvalue weighted by Crippen LogP contribution is 2.11. The number of aromatic nitrogens is 2. The average molecular weight is 229 g/mol. The quantitative estimate of drug-likeness (QED) is 0.809. The van der Waals surface area contributed by atoms with E-state index in [-0.39, 0.29) is 5.56 Å². The first-order chi connectivity index (χ1) is 8.16. The first-order valence-electron chi connectivity index (χ1n) is 5.54. The van der Waals surface area contributed by atoms with Crippen LogP contribution in [0.15, 0.2) is 41.3 Å². The van der Waals surface area contributed by atoms with E-state index in [1.807, 2.05) is 31.2 Å². The molecule has 4 nitrogen and oxygen atoms in total. The van der Waals surface area contributed by atoms with Crippen molar-refractivity contribution < 1.29 is 0 Å². The van der Waals surface area contributed by atoms with Crippen LogP contribution in [-0.2, 0) is 13.0 Å². The van der Waals surface area contributed by atoms with Crippen molar-refractivity contribution in [2.75, 3.05) is 5.73 Å². The molecule has 1 aromatic heterocycles. The third kappa shape index (κ3) is 2.72. The average Bonchev–Trinajstić information content (AvgIpc) is 2.30. The van der Waals surface area contributed by atoms with Crippen LogP contribution in [0, 0.1) is 6.92 Å². The fourth-order valence-electron chi connectivity index (χ4n) is 1.68. The molecule has 4 heteroatoms. The summed E-state index contributed by atoms with van der Waals surface area (Å²) in [6.07, 6.45) is 2.40. The van der Waals surface area contributed by atoms with Crippen LogP contribution in [0.2, 0.25) is 0 Å². The lowest BCUT2D eigenvalue weighted by Gasteiger charge is -2.06. The molecule has 0 bridgehead atoms. The summed E-state index contributed by atoms with van der Waals surface area (Å²) < 4.78 is 1.46. The fraction of sp³-hybridized carbons (Fsp3) is 0.231. The van der Waals surface area contributed by atoms with Crippen LogP contribution in [0.5, 0.6) is 0 Å². The molecule has 0 fully saturated rings. The first-order valence-corrected chi connectivity index (χ1v) is 5.54. The molecule has 0 aliphatic carbocycles.